The molecule has 0 amide bonds. The van der Waals surface area contributed by atoms with Gasteiger partial charge in [0.2, 0.25) is 0 Å². The van der Waals surface area contributed by atoms with Crippen molar-refractivity contribution in [2.24, 2.45) is 0 Å². The van der Waals surface area contributed by atoms with Crippen molar-refractivity contribution >= 4 is 27.3 Å². The van der Waals surface area contributed by atoms with Gasteiger partial charge < -0.3 is 9.84 Å². The highest BCUT2D eigenvalue weighted by Gasteiger charge is 2.25. The van der Waals surface area contributed by atoms with Crippen molar-refractivity contribution in [3.63, 3.8) is 0 Å². The smallest absolute Gasteiger partial charge is 0.0936 e. The van der Waals surface area contributed by atoms with E-state index in [0.29, 0.717) is 0 Å². The molecule has 1 aromatic heterocycles. The lowest BCUT2D eigenvalue weighted by Crippen LogP contribution is -2.47. The second-order valence-electron chi connectivity index (χ2n) is 4.14. The first-order chi connectivity index (χ1) is 7.69. The van der Waals surface area contributed by atoms with E-state index in [1.54, 1.807) is 11.3 Å². The van der Waals surface area contributed by atoms with Crippen LogP contribution in [0.3, 0.4) is 0 Å². The van der Waals surface area contributed by atoms with Crippen molar-refractivity contribution in [1.82, 2.24) is 4.90 Å². The van der Waals surface area contributed by atoms with Crippen molar-refractivity contribution in [1.29, 1.82) is 0 Å². The summed E-state index contributed by atoms with van der Waals surface area (Å²) in [5, 5.41) is 11.2. The van der Waals surface area contributed by atoms with E-state index in [2.05, 4.69) is 39.2 Å². The molecule has 1 saturated heterocycles. The highest BCUT2D eigenvalue weighted by atomic mass is 79.9. The van der Waals surface area contributed by atoms with E-state index in [9.17, 15) is 0 Å². The molecule has 0 aromatic carbocycles. The Balaban J connectivity index is 1.96. The summed E-state index contributed by atoms with van der Waals surface area (Å²) in [7, 11) is 0. The van der Waals surface area contributed by atoms with Gasteiger partial charge in [-0.15, -0.1) is 11.3 Å². The van der Waals surface area contributed by atoms with Crippen LogP contribution in [0, 0.1) is 0 Å². The van der Waals surface area contributed by atoms with Crippen LogP contribution in [0.4, 0.5) is 0 Å². The minimum Gasteiger partial charge on any atom is -0.394 e. The summed E-state index contributed by atoms with van der Waals surface area (Å²) in [5.41, 5.74) is 0. The largest absolute Gasteiger partial charge is 0.394 e. The van der Waals surface area contributed by atoms with Gasteiger partial charge in [0.15, 0.2) is 0 Å². The standard InChI is InChI=1S/C11H16BrNO2S/c1-8-4-13(5-9(7-14)15-8)6-11-10(12)2-3-16-11/h2-3,8-9,14H,4-7H2,1H3. The molecule has 3 nitrogen and oxygen atoms in total. The normalized spacial score (nSPS) is 27.2. The van der Waals surface area contributed by atoms with Gasteiger partial charge in [-0.2, -0.15) is 0 Å². The number of aliphatic hydroxyl groups is 1. The topological polar surface area (TPSA) is 32.7 Å². The molecule has 1 aliphatic rings. The molecule has 1 N–H and O–H groups in total. The summed E-state index contributed by atoms with van der Waals surface area (Å²) >= 11 is 5.30. The minimum atomic E-state index is -0.0394. The van der Waals surface area contributed by atoms with Crippen molar-refractivity contribution in [2.75, 3.05) is 19.7 Å². The molecule has 2 heterocycles. The number of morpholine rings is 1. The van der Waals surface area contributed by atoms with Crippen LogP contribution >= 0.6 is 27.3 Å². The van der Waals surface area contributed by atoms with Gasteiger partial charge in [0.05, 0.1) is 18.8 Å². The molecule has 2 atom stereocenters. The molecule has 0 radical (unpaired) electrons. The van der Waals surface area contributed by atoms with Crippen LogP contribution in [0.25, 0.3) is 0 Å². The maximum atomic E-state index is 9.15. The van der Waals surface area contributed by atoms with Crippen LogP contribution in [-0.2, 0) is 11.3 Å². The summed E-state index contributed by atoms with van der Waals surface area (Å²) in [6, 6.07) is 2.08. The highest BCUT2D eigenvalue weighted by molar-refractivity contribution is 9.10. The number of halogens is 1. The Morgan fingerprint density at radius 2 is 2.44 bits per heavy atom. The Bertz CT molecular complexity index is 344. The fraction of sp³-hybridized carbons (Fsp3) is 0.636. The van der Waals surface area contributed by atoms with Gasteiger partial charge in [-0.1, -0.05) is 0 Å². The van der Waals surface area contributed by atoms with E-state index in [1.807, 2.05) is 0 Å². The van der Waals surface area contributed by atoms with Crippen molar-refractivity contribution in [3.05, 3.63) is 20.8 Å². The quantitative estimate of drug-likeness (QED) is 0.928. The third kappa shape index (κ3) is 3.05. The Morgan fingerprint density at radius 3 is 3.06 bits per heavy atom. The second-order valence-corrected chi connectivity index (χ2v) is 5.99. The van der Waals surface area contributed by atoms with Gasteiger partial charge >= 0.3 is 0 Å². The molecule has 5 heteroatoms. The molecule has 1 aromatic rings. The Hall–Kier alpha value is 0.0600. The van der Waals surface area contributed by atoms with Crippen LogP contribution in [0.2, 0.25) is 0 Å². The van der Waals surface area contributed by atoms with Crippen molar-refractivity contribution in [2.45, 2.75) is 25.7 Å². The molecule has 1 fully saturated rings. The van der Waals surface area contributed by atoms with Gasteiger partial charge in [-0.25, -0.2) is 0 Å². The zero-order valence-corrected chi connectivity index (χ0v) is 11.6. The molecule has 2 unspecified atom stereocenters. The molecule has 0 aliphatic carbocycles. The van der Waals surface area contributed by atoms with Gasteiger partial charge in [-0.05, 0) is 34.3 Å². The number of ether oxygens (including phenoxy) is 1. The van der Waals surface area contributed by atoms with Crippen molar-refractivity contribution in [3.8, 4) is 0 Å². The first kappa shape index (κ1) is 12.5. The molecule has 0 saturated carbocycles. The van der Waals surface area contributed by atoms with Crippen LogP contribution in [-0.4, -0.2) is 41.9 Å². The lowest BCUT2D eigenvalue weighted by Gasteiger charge is -2.35. The molecule has 16 heavy (non-hydrogen) atoms. The minimum absolute atomic E-state index is 0.0394. The number of hydrogen-bond donors (Lipinski definition) is 1. The van der Waals surface area contributed by atoms with E-state index in [4.69, 9.17) is 9.84 Å². The maximum absolute atomic E-state index is 9.15. The maximum Gasteiger partial charge on any atom is 0.0936 e. The average Bonchev–Trinajstić information content (AvgIpc) is 2.63. The summed E-state index contributed by atoms with van der Waals surface area (Å²) in [6.07, 6.45) is 0.159. The van der Waals surface area contributed by atoms with Gasteiger partial charge in [-0.3, -0.25) is 4.90 Å². The monoisotopic (exact) mass is 305 g/mol. The van der Waals surface area contributed by atoms with Gasteiger partial charge in [0.25, 0.3) is 0 Å². The third-order valence-electron chi connectivity index (χ3n) is 2.66. The van der Waals surface area contributed by atoms with Crippen LogP contribution in [0.1, 0.15) is 11.8 Å². The summed E-state index contributed by atoms with van der Waals surface area (Å²) in [5.74, 6) is 0. The van der Waals surface area contributed by atoms with E-state index >= 15 is 0 Å². The SMILES string of the molecule is CC1CN(Cc2sccc2Br)CC(CO)O1. The Morgan fingerprint density at radius 1 is 1.62 bits per heavy atom. The Labute approximate surface area is 108 Å². The number of thiophene rings is 1. The zero-order valence-electron chi connectivity index (χ0n) is 9.23. The number of hydrogen-bond acceptors (Lipinski definition) is 4. The average molecular weight is 306 g/mol. The molecule has 0 spiro atoms. The number of rotatable bonds is 3. The lowest BCUT2D eigenvalue weighted by molar-refractivity contribution is -0.0970. The summed E-state index contributed by atoms with van der Waals surface area (Å²) in [6.45, 7) is 4.83. The van der Waals surface area contributed by atoms with Gasteiger partial charge in [0.1, 0.15) is 0 Å². The van der Waals surface area contributed by atoms with E-state index in [1.165, 1.54) is 9.35 Å². The fourth-order valence-electron chi connectivity index (χ4n) is 2.01. The number of nitrogens with zero attached hydrogens (tertiary/aromatic N) is 1. The molecule has 2 rings (SSSR count). The Kier molecular flexibility index (Phi) is 4.38. The molecule has 90 valence electrons. The molecular formula is C11H16BrNO2S. The predicted octanol–water partition coefficient (Wildman–Crippen LogP) is 2.09. The first-order valence-corrected chi connectivity index (χ1v) is 7.07. The van der Waals surface area contributed by atoms with E-state index in [0.717, 1.165) is 19.6 Å². The highest BCUT2D eigenvalue weighted by Crippen LogP contribution is 2.25. The summed E-state index contributed by atoms with van der Waals surface area (Å²) < 4.78 is 6.79. The van der Waals surface area contributed by atoms with Crippen LogP contribution in [0.15, 0.2) is 15.9 Å². The predicted molar refractivity (Wildman–Crippen MR) is 68.7 cm³/mol. The van der Waals surface area contributed by atoms with Gasteiger partial charge in [0, 0.05) is 29.0 Å². The summed E-state index contributed by atoms with van der Waals surface area (Å²) in [4.78, 5) is 3.68. The number of aliphatic hydroxyl groups excluding tert-OH is 1. The van der Waals surface area contributed by atoms with E-state index in [-0.39, 0.29) is 18.8 Å². The molecular weight excluding hydrogens is 290 g/mol. The third-order valence-corrected chi connectivity index (χ3v) is 4.57. The molecule has 1 aliphatic heterocycles. The lowest BCUT2D eigenvalue weighted by atomic mass is 10.2. The fourth-order valence-corrected chi connectivity index (χ4v) is 3.53. The molecule has 0 bridgehead atoms. The second kappa shape index (κ2) is 5.60. The zero-order chi connectivity index (χ0) is 11.5. The van der Waals surface area contributed by atoms with E-state index < -0.39 is 0 Å². The van der Waals surface area contributed by atoms with Crippen LogP contribution < -0.4 is 0 Å². The van der Waals surface area contributed by atoms with Crippen LogP contribution in [0.5, 0.6) is 0 Å². The first-order valence-electron chi connectivity index (χ1n) is 5.39. The van der Waals surface area contributed by atoms with Crippen molar-refractivity contribution < 1.29 is 9.84 Å².